The summed E-state index contributed by atoms with van der Waals surface area (Å²) in [5, 5.41) is -0.485. The highest BCUT2D eigenvalue weighted by Crippen LogP contribution is 2.31. The lowest BCUT2D eigenvalue weighted by Gasteiger charge is -2.33. The molecule has 0 saturated carbocycles. The topological polar surface area (TPSA) is 52.6 Å². The minimum Gasteiger partial charge on any atom is -0.386 e. The zero-order valence-corrected chi connectivity index (χ0v) is 10.0. The summed E-state index contributed by atoms with van der Waals surface area (Å²) in [5.74, 6) is -1.08. The summed E-state index contributed by atoms with van der Waals surface area (Å²) >= 11 is 0. The quantitative estimate of drug-likeness (QED) is 0.326. The Morgan fingerprint density at radius 2 is 2.14 bits per heavy atom. The highest BCUT2D eigenvalue weighted by Gasteiger charge is 2.40. The second-order valence-corrected chi connectivity index (χ2v) is 5.42. The zero-order chi connectivity index (χ0) is 10.2. The first kappa shape index (κ1) is 9.61. The van der Waals surface area contributed by atoms with Crippen LogP contribution in [0.1, 0.15) is 19.3 Å². The van der Waals surface area contributed by atoms with Crippen LogP contribution in [0.25, 0.3) is 0 Å². The lowest BCUT2D eigenvalue weighted by Crippen LogP contribution is -2.40. The monoisotopic (exact) mass is 212 g/mol. The van der Waals surface area contributed by atoms with Gasteiger partial charge in [-0.15, -0.1) is 0 Å². The Labute approximate surface area is 84.7 Å². The van der Waals surface area contributed by atoms with Gasteiger partial charge in [0, 0.05) is 22.9 Å². The molecule has 1 unspecified atom stereocenters. The fraction of sp³-hybridized carbons (Fsp3) is 0.556. The van der Waals surface area contributed by atoms with Crippen LogP contribution < -0.4 is 0 Å². The van der Waals surface area contributed by atoms with E-state index in [4.69, 9.17) is 4.74 Å². The van der Waals surface area contributed by atoms with Gasteiger partial charge in [0.1, 0.15) is 0 Å². The van der Waals surface area contributed by atoms with Crippen LogP contribution in [0.3, 0.4) is 0 Å². The first-order chi connectivity index (χ1) is 6.62. The Morgan fingerprint density at radius 1 is 1.36 bits per heavy atom. The summed E-state index contributed by atoms with van der Waals surface area (Å²) in [6, 6.07) is 0. The number of carbonyl (C=O) groups is 2. The van der Waals surface area contributed by atoms with Gasteiger partial charge >= 0.3 is 11.9 Å². The molecular formula is C9H12O4Si. The average molecular weight is 212 g/mol. The minimum absolute atomic E-state index is 0.425. The van der Waals surface area contributed by atoms with E-state index in [-0.39, 0.29) is 0 Å². The van der Waals surface area contributed by atoms with Crippen molar-refractivity contribution >= 4 is 22.2 Å². The van der Waals surface area contributed by atoms with Gasteiger partial charge in [-0.3, -0.25) is 0 Å². The van der Waals surface area contributed by atoms with Gasteiger partial charge in [-0.1, -0.05) is 0 Å². The van der Waals surface area contributed by atoms with E-state index in [1.807, 2.05) is 0 Å². The average Bonchev–Trinajstić information content (AvgIpc) is 2.47. The van der Waals surface area contributed by atoms with Crippen LogP contribution in [-0.2, 0) is 19.1 Å². The van der Waals surface area contributed by atoms with Gasteiger partial charge in [-0.2, -0.15) is 0 Å². The third-order valence-corrected chi connectivity index (χ3v) is 4.04. The molecule has 0 aromatic carbocycles. The largest absolute Gasteiger partial charge is 0.386 e. The van der Waals surface area contributed by atoms with Crippen molar-refractivity contribution in [3.63, 3.8) is 0 Å². The Hall–Kier alpha value is -0.943. The maximum absolute atomic E-state index is 11.3. The Bertz CT molecular complexity index is 315. The summed E-state index contributed by atoms with van der Waals surface area (Å²) in [5.41, 5.74) is 0.425. The molecular weight excluding hydrogens is 200 g/mol. The van der Waals surface area contributed by atoms with Crippen molar-refractivity contribution in [2.24, 2.45) is 0 Å². The van der Waals surface area contributed by atoms with Crippen molar-refractivity contribution < 1.29 is 19.1 Å². The molecule has 5 heteroatoms. The first-order valence-corrected chi connectivity index (χ1v) is 5.74. The van der Waals surface area contributed by atoms with Gasteiger partial charge in [-0.05, 0) is 19.3 Å². The molecule has 0 aliphatic carbocycles. The fourth-order valence-corrected chi connectivity index (χ4v) is 2.77. The maximum atomic E-state index is 11.3. The molecule has 1 saturated heterocycles. The van der Waals surface area contributed by atoms with E-state index in [9.17, 15) is 9.59 Å². The molecule has 2 aliphatic heterocycles. The molecule has 0 radical (unpaired) electrons. The predicted octanol–water partition coefficient (Wildman–Crippen LogP) is -0.742. The van der Waals surface area contributed by atoms with E-state index in [1.54, 1.807) is 0 Å². The molecule has 1 fully saturated rings. The highest BCUT2D eigenvalue weighted by atomic mass is 28.1. The second kappa shape index (κ2) is 3.32. The van der Waals surface area contributed by atoms with Gasteiger partial charge in [0.05, 0.1) is 10.8 Å². The van der Waals surface area contributed by atoms with Gasteiger partial charge in [0.15, 0.2) is 0 Å². The van der Waals surface area contributed by atoms with Crippen molar-refractivity contribution in [1.82, 2.24) is 0 Å². The fourth-order valence-electron chi connectivity index (χ4n) is 1.87. The number of esters is 2. The highest BCUT2D eigenvalue weighted by molar-refractivity contribution is 6.24. The number of hydrogen-bond donors (Lipinski definition) is 0. The number of hydrogen-bond acceptors (Lipinski definition) is 4. The zero-order valence-electron chi connectivity index (χ0n) is 8.04. The van der Waals surface area contributed by atoms with Gasteiger partial charge in [-0.25, -0.2) is 9.59 Å². The van der Waals surface area contributed by atoms with E-state index in [2.05, 4.69) is 4.74 Å². The second-order valence-electron chi connectivity index (χ2n) is 3.80. The van der Waals surface area contributed by atoms with E-state index in [0.717, 1.165) is 19.3 Å². The van der Waals surface area contributed by atoms with Crippen molar-refractivity contribution in [3.8, 4) is 0 Å². The minimum atomic E-state index is -0.561. The predicted molar refractivity (Wildman–Crippen MR) is 51.7 cm³/mol. The molecule has 4 nitrogen and oxygen atoms in total. The molecule has 2 aliphatic rings. The van der Waals surface area contributed by atoms with Gasteiger partial charge < -0.3 is 9.47 Å². The molecule has 1 atom stereocenters. The lowest BCUT2D eigenvalue weighted by molar-refractivity contribution is -0.151. The molecule has 0 aromatic heterocycles. The van der Waals surface area contributed by atoms with Gasteiger partial charge in [0.2, 0.25) is 0 Å². The van der Waals surface area contributed by atoms with Crippen LogP contribution in [0, 0.1) is 0 Å². The summed E-state index contributed by atoms with van der Waals surface area (Å²) < 4.78 is 10.1. The van der Waals surface area contributed by atoms with Crippen LogP contribution in [-0.4, -0.2) is 34.0 Å². The van der Waals surface area contributed by atoms with Crippen LogP contribution >= 0.6 is 0 Å². The molecule has 0 amide bonds. The van der Waals surface area contributed by atoms with E-state index in [1.165, 1.54) is 6.08 Å². The first-order valence-electron chi connectivity index (χ1n) is 4.74. The molecule has 0 spiro atoms. The van der Waals surface area contributed by atoms with Crippen molar-refractivity contribution in [3.05, 3.63) is 11.6 Å². The third-order valence-electron chi connectivity index (χ3n) is 2.71. The molecule has 76 valence electrons. The lowest BCUT2D eigenvalue weighted by atomic mass is 10.0. The Balaban J connectivity index is 2.24. The smallest absolute Gasteiger partial charge is 0.344 e. The maximum Gasteiger partial charge on any atom is 0.344 e. The molecule has 0 aromatic rings. The summed E-state index contributed by atoms with van der Waals surface area (Å²) in [6.45, 7) is 0.669. The van der Waals surface area contributed by atoms with Crippen LogP contribution in [0.4, 0.5) is 0 Å². The number of rotatable bonds is 1. The van der Waals surface area contributed by atoms with Crippen LogP contribution in [0.15, 0.2) is 11.6 Å². The molecule has 0 bridgehead atoms. The standard InChI is InChI=1S/C9H12O4Si/c10-7-5-6(8(11)13-7)9(14)3-1-2-4-12-9/h5H,1-4H2,14H3. The van der Waals surface area contributed by atoms with Crippen LogP contribution in [0.5, 0.6) is 0 Å². The summed E-state index contributed by atoms with van der Waals surface area (Å²) in [6.07, 6.45) is 4.18. The molecule has 2 heterocycles. The summed E-state index contributed by atoms with van der Waals surface area (Å²) in [7, 11) is 0.708. The van der Waals surface area contributed by atoms with Crippen LogP contribution in [0.2, 0.25) is 0 Å². The van der Waals surface area contributed by atoms with Crippen molar-refractivity contribution in [2.75, 3.05) is 6.61 Å². The molecule has 0 N–H and O–H groups in total. The number of cyclic esters (lactones) is 2. The normalized spacial score (nSPS) is 33.0. The van der Waals surface area contributed by atoms with E-state index in [0.29, 0.717) is 22.4 Å². The van der Waals surface area contributed by atoms with Crippen molar-refractivity contribution in [2.45, 2.75) is 24.5 Å². The Morgan fingerprint density at radius 3 is 2.64 bits per heavy atom. The third kappa shape index (κ3) is 1.53. The van der Waals surface area contributed by atoms with E-state index >= 15 is 0 Å². The SMILES string of the molecule is O=C1C=C(C2([SiH3])CCCCO2)C(=O)O1. The molecule has 14 heavy (non-hydrogen) atoms. The Kier molecular flexibility index (Phi) is 2.28. The summed E-state index contributed by atoms with van der Waals surface area (Å²) in [4.78, 5) is 22.2. The molecule has 2 rings (SSSR count). The van der Waals surface area contributed by atoms with Crippen molar-refractivity contribution in [1.29, 1.82) is 0 Å². The number of ether oxygens (including phenoxy) is 2. The van der Waals surface area contributed by atoms with E-state index < -0.39 is 17.2 Å². The van der Waals surface area contributed by atoms with Gasteiger partial charge in [0.25, 0.3) is 0 Å². The number of carbonyl (C=O) groups excluding carboxylic acids is 2.